The summed E-state index contributed by atoms with van der Waals surface area (Å²) in [6.45, 7) is 6.33. The Morgan fingerprint density at radius 2 is 1.67 bits per heavy atom. The zero-order valence-corrected chi connectivity index (χ0v) is 17.1. The van der Waals surface area contributed by atoms with Crippen molar-refractivity contribution < 1.29 is 8.81 Å². The van der Waals surface area contributed by atoms with Gasteiger partial charge in [-0.3, -0.25) is 9.97 Å². The Morgan fingerprint density at radius 3 is 2.43 bits per heavy atom. The van der Waals surface area contributed by atoms with Gasteiger partial charge in [-0.2, -0.15) is 0 Å². The van der Waals surface area contributed by atoms with Crippen LogP contribution in [0.2, 0.25) is 0 Å². The zero-order chi connectivity index (χ0) is 20.9. The van der Waals surface area contributed by atoms with Gasteiger partial charge in [0.15, 0.2) is 5.58 Å². The monoisotopic (exact) mass is 396 g/mol. The maximum Gasteiger partial charge on any atom is 0.156 e. The van der Waals surface area contributed by atoms with E-state index in [0.717, 1.165) is 33.3 Å². The van der Waals surface area contributed by atoms with Gasteiger partial charge in [-0.25, -0.2) is 4.39 Å². The van der Waals surface area contributed by atoms with Crippen molar-refractivity contribution in [3.63, 3.8) is 0 Å². The number of aromatic nitrogens is 2. The molecule has 4 heteroatoms. The van der Waals surface area contributed by atoms with Crippen LogP contribution in [-0.2, 0) is 5.41 Å². The van der Waals surface area contributed by atoms with E-state index in [1.807, 2.05) is 43.3 Å². The van der Waals surface area contributed by atoms with Crippen LogP contribution in [0.25, 0.3) is 33.2 Å². The first-order valence-electron chi connectivity index (χ1n) is 9.96. The van der Waals surface area contributed by atoms with Gasteiger partial charge < -0.3 is 4.42 Å². The van der Waals surface area contributed by atoms with Crippen molar-refractivity contribution in [1.82, 2.24) is 9.97 Å². The largest absolute Gasteiger partial charge is 0.453 e. The lowest BCUT2D eigenvalue weighted by molar-refractivity contribution is 0.611. The lowest BCUT2D eigenvalue weighted by atomic mass is 9.80. The van der Waals surface area contributed by atoms with Crippen molar-refractivity contribution in [2.24, 2.45) is 0 Å². The Labute approximate surface area is 174 Å². The van der Waals surface area contributed by atoms with E-state index in [0.29, 0.717) is 11.3 Å². The summed E-state index contributed by atoms with van der Waals surface area (Å²) in [5.41, 5.74) is 5.53. The van der Waals surface area contributed by atoms with Crippen molar-refractivity contribution in [2.45, 2.75) is 26.2 Å². The van der Waals surface area contributed by atoms with E-state index in [-0.39, 0.29) is 11.2 Å². The molecule has 3 nitrogen and oxygen atoms in total. The Hall–Kier alpha value is -3.53. The second-order valence-electron chi connectivity index (χ2n) is 8.10. The van der Waals surface area contributed by atoms with Crippen molar-refractivity contribution in [3.8, 4) is 11.3 Å². The Balaban J connectivity index is 1.76. The number of pyridine rings is 2. The fraction of sp³-hybridized carbons (Fsp3) is 0.154. The summed E-state index contributed by atoms with van der Waals surface area (Å²) in [6, 6.07) is 21.2. The standard InChI is InChI=1S/C26H21FN2O/c1-16-24-21(15-23(29-16)26(2,3)17-8-5-4-6-9-17)19-10-7-11-20(25(19)30-24)22-14-18(27)12-13-28-22/h4-15H,1-3H3. The third kappa shape index (κ3) is 2.88. The Bertz CT molecular complexity index is 1390. The van der Waals surface area contributed by atoms with Crippen LogP contribution in [-0.4, -0.2) is 9.97 Å². The van der Waals surface area contributed by atoms with Crippen LogP contribution in [0, 0.1) is 12.7 Å². The minimum Gasteiger partial charge on any atom is -0.453 e. The van der Waals surface area contributed by atoms with Crippen LogP contribution in [0.15, 0.2) is 77.3 Å². The minimum atomic E-state index is -0.321. The maximum absolute atomic E-state index is 13.8. The third-order valence-electron chi connectivity index (χ3n) is 5.79. The molecule has 3 heterocycles. The SMILES string of the molecule is Cc1nc(C(C)(C)c2ccccc2)cc2c1oc1c(-c3cc(F)ccn3)cccc12. The highest BCUT2D eigenvalue weighted by Crippen LogP contribution is 2.39. The topological polar surface area (TPSA) is 38.9 Å². The summed E-state index contributed by atoms with van der Waals surface area (Å²) in [5, 5.41) is 1.99. The average molecular weight is 396 g/mol. The molecular formula is C26H21FN2O. The van der Waals surface area contributed by atoms with Gasteiger partial charge in [0.25, 0.3) is 0 Å². The number of nitrogens with zero attached hydrogens (tertiary/aromatic N) is 2. The van der Waals surface area contributed by atoms with Crippen molar-refractivity contribution in [2.75, 3.05) is 0 Å². The van der Waals surface area contributed by atoms with Crippen molar-refractivity contribution in [1.29, 1.82) is 0 Å². The van der Waals surface area contributed by atoms with Crippen LogP contribution >= 0.6 is 0 Å². The molecule has 5 rings (SSSR count). The molecule has 30 heavy (non-hydrogen) atoms. The molecule has 0 aliphatic heterocycles. The van der Waals surface area contributed by atoms with E-state index in [1.165, 1.54) is 23.9 Å². The Kier molecular flexibility index (Phi) is 4.17. The fourth-order valence-electron chi connectivity index (χ4n) is 4.03. The summed E-state index contributed by atoms with van der Waals surface area (Å²) in [4.78, 5) is 9.23. The van der Waals surface area contributed by atoms with Gasteiger partial charge in [0, 0.05) is 34.0 Å². The second-order valence-corrected chi connectivity index (χ2v) is 8.10. The summed E-state index contributed by atoms with van der Waals surface area (Å²) in [5.74, 6) is -0.321. The number of furan rings is 1. The molecule has 0 aliphatic carbocycles. The number of aryl methyl sites for hydroxylation is 1. The van der Waals surface area contributed by atoms with Crippen LogP contribution in [0.1, 0.15) is 30.8 Å². The molecule has 0 unspecified atom stereocenters. The number of benzene rings is 2. The lowest BCUT2D eigenvalue weighted by Crippen LogP contribution is -2.20. The molecule has 5 aromatic rings. The van der Waals surface area contributed by atoms with E-state index in [1.54, 1.807) is 0 Å². The smallest absolute Gasteiger partial charge is 0.156 e. The van der Waals surface area contributed by atoms with E-state index >= 15 is 0 Å². The first-order valence-corrected chi connectivity index (χ1v) is 9.96. The van der Waals surface area contributed by atoms with Gasteiger partial charge in [-0.15, -0.1) is 0 Å². The van der Waals surface area contributed by atoms with Gasteiger partial charge in [0.1, 0.15) is 11.4 Å². The molecule has 3 aromatic heterocycles. The third-order valence-corrected chi connectivity index (χ3v) is 5.79. The number of fused-ring (bicyclic) bond motifs is 3. The highest BCUT2D eigenvalue weighted by molar-refractivity contribution is 6.09. The van der Waals surface area contributed by atoms with Crippen LogP contribution in [0.3, 0.4) is 0 Å². The summed E-state index contributed by atoms with van der Waals surface area (Å²) in [6.07, 6.45) is 1.47. The molecule has 0 radical (unpaired) electrons. The molecule has 0 saturated carbocycles. The molecule has 0 atom stereocenters. The number of hydrogen-bond donors (Lipinski definition) is 0. The highest BCUT2D eigenvalue weighted by atomic mass is 19.1. The molecular weight excluding hydrogens is 375 g/mol. The van der Waals surface area contributed by atoms with Gasteiger partial charge in [-0.05, 0) is 30.7 Å². The van der Waals surface area contributed by atoms with Crippen molar-refractivity contribution >= 4 is 21.9 Å². The molecule has 0 bridgehead atoms. The van der Waals surface area contributed by atoms with Crippen LogP contribution in [0.4, 0.5) is 4.39 Å². The fourth-order valence-corrected chi connectivity index (χ4v) is 4.03. The quantitative estimate of drug-likeness (QED) is 0.336. The first-order chi connectivity index (χ1) is 14.4. The second kappa shape index (κ2) is 6.77. The van der Waals surface area contributed by atoms with E-state index in [4.69, 9.17) is 9.40 Å². The number of para-hydroxylation sites is 1. The molecule has 0 fully saturated rings. The summed E-state index contributed by atoms with van der Waals surface area (Å²) >= 11 is 0. The summed E-state index contributed by atoms with van der Waals surface area (Å²) < 4.78 is 20.0. The molecule has 0 saturated heterocycles. The molecule has 0 spiro atoms. The molecule has 0 N–H and O–H groups in total. The maximum atomic E-state index is 13.8. The highest BCUT2D eigenvalue weighted by Gasteiger charge is 2.27. The average Bonchev–Trinajstić information content (AvgIpc) is 3.14. The summed E-state index contributed by atoms with van der Waals surface area (Å²) in [7, 11) is 0. The van der Waals surface area contributed by atoms with E-state index < -0.39 is 0 Å². The normalized spacial score (nSPS) is 12.0. The number of hydrogen-bond acceptors (Lipinski definition) is 3. The molecule has 0 amide bonds. The van der Waals surface area contributed by atoms with E-state index in [9.17, 15) is 4.39 Å². The first kappa shape index (κ1) is 18.5. The van der Waals surface area contributed by atoms with Gasteiger partial charge in [0.05, 0.1) is 17.1 Å². The predicted octanol–water partition coefficient (Wildman–Crippen LogP) is 6.82. The van der Waals surface area contributed by atoms with Gasteiger partial charge in [-0.1, -0.05) is 56.3 Å². The number of rotatable bonds is 3. The Morgan fingerprint density at radius 1 is 0.867 bits per heavy atom. The van der Waals surface area contributed by atoms with E-state index in [2.05, 4.69) is 37.0 Å². The molecule has 2 aromatic carbocycles. The predicted molar refractivity (Wildman–Crippen MR) is 118 cm³/mol. The van der Waals surface area contributed by atoms with Crippen molar-refractivity contribution in [3.05, 3.63) is 95.7 Å². The number of halogens is 1. The molecule has 148 valence electrons. The van der Waals surface area contributed by atoms with Gasteiger partial charge >= 0.3 is 0 Å². The van der Waals surface area contributed by atoms with Gasteiger partial charge in [0.2, 0.25) is 0 Å². The molecule has 0 aliphatic rings. The minimum absolute atomic E-state index is 0.258. The van der Waals surface area contributed by atoms with Crippen LogP contribution in [0.5, 0.6) is 0 Å². The zero-order valence-electron chi connectivity index (χ0n) is 17.1. The van der Waals surface area contributed by atoms with Crippen LogP contribution < -0.4 is 0 Å². The lowest BCUT2D eigenvalue weighted by Gasteiger charge is -2.25.